The third-order valence-electron chi connectivity index (χ3n) is 4.79. The molecule has 7 nitrogen and oxygen atoms in total. The zero-order chi connectivity index (χ0) is 20.0. The van der Waals surface area contributed by atoms with E-state index in [1.807, 2.05) is 24.3 Å². The second-order valence-corrected chi connectivity index (χ2v) is 6.98. The minimum atomic E-state index is 0. The lowest BCUT2D eigenvalue weighted by molar-refractivity contribution is -0.119. The fourth-order valence-electron chi connectivity index (χ4n) is 3.22. The van der Waals surface area contributed by atoms with E-state index in [0.29, 0.717) is 26.4 Å². The lowest BCUT2D eigenvalue weighted by Gasteiger charge is -2.14. The first-order valence-electron chi connectivity index (χ1n) is 10.1. The van der Waals surface area contributed by atoms with E-state index in [9.17, 15) is 4.79 Å². The monoisotopic (exact) mass is 518 g/mol. The summed E-state index contributed by atoms with van der Waals surface area (Å²) in [6.07, 6.45) is 5.23. The second-order valence-electron chi connectivity index (χ2n) is 6.98. The molecule has 164 valence electrons. The van der Waals surface area contributed by atoms with Crippen LogP contribution in [0.2, 0.25) is 0 Å². The average molecular weight is 518 g/mol. The van der Waals surface area contributed by atoms with Crippen LogP contribution in [0.4, 0.5) is 5.69 Å². The molecule has 0 spiro atoms. The molecule has 1 amide bonds. The SMILES string of the molecule is CN=C(NCCCOCCOC)NCc1cccc(NC(=O)C2CCCC2)c1.I. The van der Waals surface area contributed by atoms with Crippen molar-refractivity contribution < 1.29 is 14.3 Å². The molecule has 1 aliphatic rings. The van der Waals surface area contributed by atoms with Gasteiger partial charge in [0, 0.05) is 45.5 Å². The molecule has 1 aromatic rings. The Morgan fingerprint density at radius 1 is 1.17 bits per heavy atom. The molecule has 2 rings (SSSR count). The van der Waals surface area contributed by atoms with Crippen molar-refractivity contribution >= 4 is 41.5 Å². The number of carbonyl (C=O) groups is 1. The number of amides is 1. The van der Waals surface area contributed by atoms with Gasteiger partial charge in [-0.15, -0.1) is 24.0 Å². The summed E-state index contributed by atoms with van der Waals surface area (Å²) < 4.78 is 10.4. The topological polar surface area (TPSA) is 84.0 Å². The molecule has 0 unspecified atom stereocenters. The first-order valence-corrected chi connectivity index (χ1v) is 10.1. The molecule has 3 N–H and O–H groups in total. The van der Waals surface area contributed by atoms with Crippen LogP contribution in [0.25, 0.3) is 0 Å². The van der Waals surface area contributed by atoms with E-state index in [2.05, 4.69) is 20.9 Å². The molecule has 0 saturated heterocycles. The number of guanidine groups is 1. The molecule has 1 aromatic carbocycles. The molecule has 0 aromatic heterocycles. The number of anilines is 1. The van der Waals surface area contributed by atoms with Gasteiger partial charge in [-0.25, -0.2) is 0 Å². The molecular formula is C21H35IN4O3. The number of ether oxygens (including phenoxy) is 2. The Morgan fingerprint density at radius 3 is 2.69 bits per heavy atom. The summed E-state index contributed by atoms with van der Waals surface area (Å²) in [6, 6.07) is 7.95. The Balaban J connectivity index is 0.00000420. The Kier molecular flexibility index (Phi) is 13.7. The summed E-state index contributed by atoms with van der Waals surface area (Å²) in [5, 5.41) is 9.62. The maximum absolute atomic E-state index is 12.3. The number of nitrogens with zero attached hydrogens (tertiary/aromatic N) is 1. The molecule has 1 aliphatic carbocycles. The number of hydrogen-bond acceptors (Lipinski definition) is 4. The van der Waals surface area contributed by atoms with Gasteiger partial charge in [0.2, 0.25) is 5.91 Å². The van der Waals surface area contributed by atoms with Gasteiger partial charge >= 0.3 is 0 Å². The van der Waals surface area contributed by atoms with Gasteiger partial charge < -0.3 is 25.4 Å². The molecule has 0 heterocycles. The van der Waals surface area contributed by atoms with Gasteiger partial charge in [0.1, 0.15) is 0 Å². The standard InChI is InChI=1S/C21H34N4O3.HI/c1-22-21(23-11-6-12-28-14-13-27-2)24-16-17-7-5-10-19(15-17)25-20(26)18-8-3-4-9-18;/h5,7,10,15,18H,3-4,6,8-9,11-14,16H2,1-2H3,(H,25,26)(H2,22,23,24);1H. The van der Waals surface area contributed by atoms with E-state index in [1.54, 1.807) is 14.2 Å². The van der Waals surface area contributed by atoms with Crippen LogP contribution in [0, 0.1) is 5.92 Å². The van der Waals surface area contributed by atoms with Crippen LogP contribution >= 0.6 is 24.0 Å². The number of carbonyl (C=O) groups excluding carboxylic acids is 1. The normalized spacial score (nSPS) is 14.3. The number of nitrogens with one attached hydrogen (secondary N) is 3. The first-order chi connectivity index (χ1) is 13.7. The van der Waals surface area contributed by atoms with Crippen LogP contribution < -0.4 is 16.0 Å². The maximum Gasteiger partial charge on any atom is 0.227 e. The van der Waals surface area contributed by atoms with E-state index < -0.39 is 0 Å². The molecule has 0 aliphatic heterocycles. The van der Waals surface area contributed by atoms with Crippen LogP contribution in [0.1, 0.15) is 37.7 Å². The third-order valence-corrected chi connectivity index (χ3v) is 4.79. The van der Waals surface area contributed by atoms with Crippen LogP contribution in [-0.2, 0) is 20.8 Å². The number of hydrogen-bond donors (Lipinski definition) is 3. The van der Waals surface area contributed by atoms with Gasteiger partial charge in [-0.2, -0.15) is 0 Å². The highest BCUT2D eigenvalue weighted by Gasteiger charge is 2.22. The minimum absolute atomic E-state index is 0. The Bertz CT molecular complexity index is 622. The molecule has 1 saturated carbocycles. The summed E-state index contributed by atoms with van der Waals surface area (Å²) in [4.78, 5) is 16.5. The summed E-state index contributed by atoms with van der Waals surface area (Å²) in [7, 11) is 3.42. The van der Waals surface area contributed by atoms with E-state index in [1.165, 1.54) is 0 Å². The average Bonchev–Trinajstić information content (AvgIpc) is 3.25. The Morgan fingerprint density at radius 2 is 1.97 bits per heavy atom. The predicted octanol–water partition coefficient (Wildman–Crippen LogP) is 3.15. The largest absolute Gasteiger partial charge is 0.382 e. The van der Waals surface area contributed by atoms with E-state index in [-0.39, 0.29) is 35.8 Å². The molecule has 1 fully saturated rings. The van der Waals surface area contributed by atoms with E-state index in [4.69, 9.17) is 9.47 Å². The molecular weight excluding hydrogens is 483 g/mol. The van der Waals surface area contributed by atoms with Gasteiger partial charge in [0.05, 0.1) is 13.2 Å². The lowest BCUT2D eigenvalue weighted by atomic mass is 10.1. The van der Waals surface area contributed by atoms with Gasteiger partial charge in [-0.05, 0) is 37.0 Å². The highest BCUT2D eigenvalue weighted by Crippen LogP contribution is 2.26. The molecule has 0 bridgehead atoms. The van der Waals surface area contributed by atoms with Crippen LogP contribution in [0.15, 0.2) is 29.3 Å². The third kappa shape index (κ3) is 10.3. The Labute approximate surface area is 191 Å². The summed E-state index contributed by atoms with van der Waals surface area (Å²) in [6.45, 7) is 3.35. The first kappa shape index (κ1) is 25.6. The summed E-state index contributed by atoms with van der Waals surface area (Å²) in [5.41, 5.74) is 1.95. The number of halogens is 1. The quantitative estimate of drug-likeness (QED) is 0.182. The predicted molar refractivity (Wildman–Crippen MR) is 128 cm³/mol. The van der Waals surface area contributed by atoms with Crippen molar-refractivity contribution in [2.24, 2.45) is 10.9 Å². The second kappa shape index (κ2) is 15.4. The lowest BCUT2D eigenvalue weighted by Crippen LogP contribution is -2.37. The van der Waals surface area contributed by atoms with Gasteiger partial charge in [-0.3, -0.25) is 9.79 Å². The molecule has 8 heteroatoms. The van der Waals surface area contributed by atoms with Crippen LogP contribution in [-0.4, -0.2) is 52.4 Å². The summed E-state index contributed by atoms with van der Waals surface area (Å²) in [5.74, 6) is 1.06. The van der Waals surface area contributed by atoms with Crippen molar-refractivity contribution in [1.29, 1.82) is 0 Å². The van der Waals surface area contributed by atoms with Crippen molar-refractivity contribution in [3.8, 4) is 0 Å². The van der Waals surface area contributed by atoms with Crippen molar-refractivity contribution in [3.05, 3.63) is 29.8 Å². The fourth-order valence-corrected chi connectivity index (χ4v) is 3.22. The highest BCUT2D eigenvalue weighted by atomic mass is 127. The molecule has 0 atom stereocenters. The van der Waals surface area contributed by atoms with Crippen LogP contribution in [0.3, 0.4) is 0 Å². The van der Waals surface area contributed by atoms with Crippen molar-refractivity contribution in [1.82, 2.24) is 10.6 Å². The van der Waals surface area contributed by atoms with Crippen molar-refractivity contribution in [2.45, 2.75) is 38.6 Å². The maximum atomic E-state index is 12.3. The number of methoxy groups -OCH3 is 1. The van der Waals surface area contributed by atoms with Crippen molar-refractivity contribution in [2.75, 3.05) is 45.8 Å². The van der Waals surface area contributed by atoms with E-state index in [0.717, 1.165) is 55.9 Å². The number of benzene rings is 1. The highest BCUT2D eigenvalue weighted by molar-refractivity contribution is 14.0. The van der Waals surface area contributed by atoms with Gasteiger partial charge in [0.15, 0.2) is 5.96 Å². The molecule has 0 radical (unpaired) electrons. The fraction of sp³-hybridized carbons (Fsp3) is 0.619. The zero-order valence-electron chi connectivity index (χ0n) is 17.5. The van der Waals surface area contributed by atoms with E-state index >= 15 is 0 Å². The zero-order valence-corrected chi connectivity index (χ0v) is 19.9. The number of aliphatic imine (C=N–C) groups is 1. The Hall–Kier alpha value is -1.39. The summed E-state index contributed by atoms with van der Waals surface area (Å²) >= 11 is 0. The van der Waals surface area contributed by atoms with Gasteiger partial charge in [0.25, 0.3) is 0 Å². The molecule has 29 heavy (non-hydrogen) atoms. The van der Waals surface area contributed by atoms with Crippen LogP contribution in [0.5, 0.6) is 0 Å². The minimum Gasteiger partial charge on any atom is -0.382 e. The number of rotatable bonds is 11. The van der Waals surface area contributed by atoms with Gasteiger partial charge in [-0.1, -0.05) is 25.0 Å². The van der Waals surface area contributed by atoms with Crippen molar-refractivity contribution in [3.63, 3.8) is 0 Å². The smallest absolute Gasteiger partial charge is 0.227 e.